The van der Waals surface area contributed by atoms with Crippen LogP contribution in [0.25, 0.3) is 5.57 Å². The average Bonchev–Trinajstić information content (AvgIpc) is 2.87. The van der Waals surface area contributed by atoms with E-state index in [9.17, 15) is 0 Å². The molecule has 1 aliphatic carbocycles. The van der Waals surface area contributed by atoms with Crippen LogP contribution in [0, 0.1) is 5.92 Å². The van der Waals surface area contributed by atoms with E-state index in [1.807, 2.05) is 6.20 Å². The highest BCUT2D eigenvalue weighted by Gasteiger charge is 2.32. The van der Waals surface area contributed by atoms with Gasteiger partial charge in [-0.25, -0.2) is 4.98 Å². The fraction of sp³-hybridized carbons (Fsp3) is 0.500. The highest BCUT2D eigenvalue weighted by atomic mass is 79.9. The second-order valence-corrected chi connectivity index (χ2v) is 5.69. The Hall–Kier alpha value is -0.870. The predicted octanol–water partition coefficient (Wildman–Crippen LogP) is 3.01. The molecule has 2 atom stereocenters. The smallest absolute Gasteiger partial charge is 0.152 e. The number of nitrogens with zero attached hydrogens (tertiary/aromatic N) is 1. The molecular weight excluding hydrogens is 292 g/mol. The number of aromatic nitrogens is 1. The van der Waals surface area contributed by atoms with E-state index >= 15 is 0 Å². The summed E-state index contributed by atoms with van der Waals surface area (Å²) in [5, 5.41) is 3.61. The minimum Gasteiger partial charge on any atom is -0.494 e. The zero-order valence-electron chi connectivity index (χ0n) is 10.4. The number of fused-ring (bicyclic) bond motifs is 1. The van der Waals surface area contributed by atoms with Crippen LogP contribution in [0.4, 0.5) is 0 Å². The van der Waals surface area contributed by atoms with Crippen LogP contribution >= 0.6 is 15.9 Å². The Morgan fingerprint density at radius 3 is 3.17 bits per heavy atom. The molecule has 3 nitrogen and oxygen atoms in total. The molecule has 1 aromatic heterocycles. The maximum Gasteiger partial charge on any atom is 0.152 e. The zero-order valence-corrected chi connectivity index (χ0v) is 12.0. The van der Waals surface area contributed by atoms with E-state index in [1.165, 1.54) is 30.4 Å². The number of halogens is 1. The number of allylic oxidation sites excluding steroid dienone is 1. The summed E-state index contributed by atoms with van der Waals surface area (Å²) in [6.07, 6.45) is 8.06. The second kappa shape index (κ2) is 5.02. The lowest BCUT2D eigenvalue weighted by Gasteiger charge is -2.27. The summed E-state index contributed by atoms with van der Waals surface area (Å²) in [6, 6.07) is 2.58. The summed E-state index contributed by atoms with van der Waals surface area (Å²) in [6.45, 7) is 1.13. The lowest BCUT2D eigenvalue weighted by atomic mass is 9.82. The largest absolute Gasteiger partial charge is 0.494 e. The van der Waals surface area contributed by atoms with E-state index in [4.69, 9.17) is 4.74 Å². The molecule has 0 spiro atoms. The molecule has 0 aromatic carbocycles. The highest BCUT2D eigenvalue weighted by molar-refractivity contribution is 9.10. The van der Waals surface area contributed by atoms with Gasteiger partial charge in [-0.3, -0.25) is 0 Å². The SMILES string of the molecule is COc1cc(C2=CCC[C@@H]3CCN[C@H]23)cnc1Br. The predicted molar refractivity (Wildman–Crippen MR) is 75.6 cm³/mol. The van der Waals surface area contributed by atoms with Crippen molar-refractivity contribution in [2.45, 2.75) is 25.3 Å². The summed E-state index contributed by atoms with van der Waals surface area (Å²) < 4.78 is 6.10. The Morgan fingerprint density at radius 2 is 2.33 bits per heavy atom. The van der Waals surface area contributed by atoms with Crippen LogP contribution in [0.3, 0.4) is 0 Å². The molecule has 0 saturated carbocycles. The van der Waals surface area contributed by atoms with Gasteiger partial charge >= 0.3 is 0 Å². The van der Waals surface area contributed by atoms with Crippen LogP contribution < -0.4 is 10.1 Å². The first-order valence-corrected chi connectivity index (χ1v) is 7.22. The fourth-order valence-electron chi connectivity index (χ4n) is 3.04. The van der Waals surface area contributed by atoms with Gasteiger partial charge in [0, 0.05) is 17.8 Å². The van der Waals surface area contributed by atoms with E-state index in [0.717, 1.165) is 22.8 Å². The number of hydrogen-bond acceptors (Lipinski definition) is 3. The normalized spacial score (nSPS) is 26.7. The minimum atomic E-state index is 0.506. The van der Waals surface area contributed by atoms with E-state index in [2.05, 4.69) is 38.4 Å². The van der Waals surface area contributed by atoms with Crippen LogP contribution in [0.15, 0.2) is 22.9 Å². The quantitative estimate of drug-likeness (QED) is 0.853. The molecule has 1 saturated heterocycles. The van der Waals surface area contributed by atoms with Gasteiger partial charge < -0.3 is 10.1 Å². The van der Waals surface area contributed by atoms with Crippen molar-refractivity contribution in [1.29, 1.82) is 0 Å². The van der Waals surface area contributed by atoms with Crippen LogP contribution in [0.5, 0.6) is 5.75 Å². The zero-order chi connectivity index (χ0) is 12.5. The number of pyridine rings is 1. The first-order valence-electron chi connectivity index (χ1n) is 6.43. The maximum absolute atomic E-state index is 5.33. The van der Waals surface area contributed by atoms with Crippen molar-refractivity contribution in [3.05, 3.63) is 28.5 Å². The molecule has 1 aliphatic heterocycles. The van der Waals surface area contributed by atoms with Crippen molar-refractivity contribution in [3.63, 3.8) is 0 Å². The van der Waals surface area contributed by atoms with E-state index in [1.54, 1.807) is 7.11 Å². The van der Waals surface area contributed by atoms with Crippen LogP contribution in [0.1, 0.15) is 24.8 Å². The van der Waals surface area contributed by atoms with Crippen molar-refractivity contribution in [3.8, 4) is 5.75 Å². The van der Waals surface area contributed by atoms with Gasteiger partial charge in [-0.1, -0.05) is 6.08 Å². The number of nitrogens with one attached hydrogen (secondary N) is 1. The van der Waals surface area contributed by atoms with Gasteiger partial charge in [-0.05, 0) is 59.3 Å². The monoisotopic (exact) mass is 308 g/mol. The molecule has 2 heterocycles. The highest BCUT2D eigenvalue weighted by Crippen LogP contribution is 2.37. The Balaban J connectivity index is 1.96. The molecule has 1 N–H and O–H groups in total. The van der Waals surface area contributed by atoms with Crippen LogP contribution in [-0.2, 0) is 0 Å². The molecule has 96 valence electrons. The van der Waals surface area contributed by atoms with E-state index in [0.29, 0.717) is 6.04 Å². The minimum absolute atomic E-state index is 0.506. The molecule has 18 heavy (non-hydrogen) atoms. The van der Waals surface area contributed by atoms with Gasteiger partial charge in [0.25, 0.3) is 0 Å². The molecule has 1 aromatic rings. The first-order chi connectivity index (χ1) is 8.79. The van der Waals surface area contributed by atoms with Crippen molar-refractivity contribution < 1.29 is 4.74 Å². The van der Waals surface area contributed by atoms with Crippen molar-refractivity contribution >= 4 is 21.5 Å². The summed E-state index contributed by atoms with van der Waals surface area (Å²) in [4.78, 5) is 4.36. The van der Waals surface area contributed by atoms with Gasteiger partial charge in [0.05, 0.1) is 7.11 Å². The van der Waals surface area contributed by atoms with Crippen molar-refractivity contribution in [2.24, 2.45) is 5.92 Å². The van der Waals surface area contributed by atoms with E-state index < -0.39 is 0 Å². The fourth-order valence-corrected chi connectivity index (χ4v) is 3.42. The molecule has 0 unspecified atom stereocenters. The Labute approximate surface area is 116 Å². The third-order valence-electron chi connectivity index (χ3n) is 3.95. The lowest BCUT2D eigenvalue weighted by molar-refractivity contribution is 0.409. The van der Waals surface area contributed by atoms with Crippen molar-refractivity contribution in [2.75, 3.05) is 13.7 Å². The molecule has 1 fully saturated rings. The third kappa shape index (κ3) is 2.08. The van der Waals surface area contributed by atoms with Crippen molar-refractivity contribution in [1.82, 2.24) is 10.3 Å². The molecule has 0 radical (unpaired) electrons. The Bertz CT molecular complexity index is 487. The summed E-state index contributed by atoms with van der Waals surface area (Å²) in [5.74, 6) is 1.59. The summed E-state index contributed by atoms with van der Waals surface area (Å²) >= 11 is 3.40. The number of ether oxygens (including phenoxy) is 1. The molecule has 0 bridgehead atoms. The van der Waals surface area contributed by atoms with Crippen LogP contribution in [-0.4, -0.2) is 24.7 Å². The maximum atomic E-state index is 5.33. The van der Waals surface area contributed by atoms with Gasteiger partial charge in [-0.15, -0.1) is 0 Å². The summed E-state index contributed by atoms with van der Waals surface area (Å²) in [5.41, 5.74) is 2.57. The second-order valence-electron chi connectivity index (χ2n) is 4.93. The standard InChI is InChI=1S/C14H17BrN2O/c1-18-12-7-10(8-17-14(12)15)11-4-2-3-9-5-6-16-13(9)11/h4,7-9,13,16H,2-3,5-6H2,1H3/t9-,13+/m1/s1. The third-order valence-corrected chi connectivity index (χ3v) is 4.54. The lowest BCUT2D eigenvalue weighted by Crippen LogP contribution is -2.30. The summed E-state index contributed by atoms with van der Waals surface area (Å²) in [7, 11) is 1.68. The molecule has 3 rings (SSSR count). The number of hydrogen-bond donors (Lipinski definition) is 1. The molecular formula is C14H17BrN2O. The topological polar surface area (TPSA) is 34.1 Å². The Morgan fingerprint density at radius 1 is 1.44 bits per heavy atom. The van der Waals surface area contributed by atoms with Gasteiger partial charge in [0.1, 0.15) is 4.60 Å². The van der Waals surface area contributed by atoms with Gasteiger partial charge in [0.15, 0.2) is 5.75 Å². The Kier molecular flexibility index (Phi) is 3.39. The van der Waals surface area contributed by atoms with Gasteiger partial charge in [-0.2, -0.15) is 0 Å². The van der Waals surface area contributed by atoms with Crippen LogP contribution in [0.2, 0.25) is 0 Å². The molecule has 0 amide bonds. The van der Waals surface area contributed by atoms with E-state index in [-0.39, 0.29) is 0 Å². The first kappa shape index (κ1) is 12.2. The number of methoxy groups -OCH3 is 1. The molecule has 2 aliphatic rings. The number of rotatable bonds is 2. The molecule has 4 heteroatoms. The van der Waals surface area contributed by atoms with Gasteiger partial charge in [0.2, 0.25) is 0 Å². The average molecular weight is 309 g/mol.